The van der Waals surface area contributed by atoms with Gasteiger partial charge in [0.25, 0.3) is 0 Å². The summed E-state index contributed by atoms with van der Waals surface area (Å²) in [5.74, 6) is 2.52. The minimum Gasteiger partial charge on any atom is -0.457 e. The molecule has 5 heteroatoms. The number of hydrogen-bond acceptors (Lipinski definition) is 4. The van der Waals surface area contributed by atoms with Gasteiger partial charge in [-0.3, -0.25) is 0 Å². The molecule has 0 saturated carbocycles. The predicted octanol–water partition coefficient (Wildman–Crippen LogP) is 3.38. The average Bonchev–Trinajstić information content (AvgIpc) is 2.98. The minimum absolute atomic E-state index is 0.0186. The van der Waals surface area contributed by atoms with Crippen molar-refractivity contribution in [1.29, 1.82) is 0 Å². The summed E-state index contributed by atoms with van der Waals surface area (Å²) in [6.45, 7) is 0.762. The van der Waals surface area contributed by atoms with Gasteiger partial charge in [-0.05, 0) is 52.9 Å². The molecule has 3 unspecified atom stereocenters. The van der Waals surface area contributed by atoms with E-state index in [1.807, 2.05) is 17.8 Å². The van der Waals surface area contributed by atoms with Crippen molar-refractivity contribution in [3.05, 3.63) is 22.6 Å². The van der Waals surface area contributed by atoms with Crippen molar-refractivity contribution in [3.63, 3.8) is 0 Å². The zero-order valence-electron chi connectivity index (χ0n) is 10.1. The van der Waals surface area contributed by atoms with Gasteiger partial charge in [-0.1, -0.05) is 0 Å². The maximum absolute atomic E-state index is 10.5. The first-order valence-corrected chi connectivity index (χ1v) is 8.28. The van der Waals surface area contributed by atoms with E-state index < -0.39 is 6.10 Å². The van der Waals surface area contributed by atoms with Gasteiger partial charge in [0.05, 0.1) is 18.0 Å². The Hall–Kier alpha value is 0.0300. The van der Waals surface area contributed by atoms with Gasteiger partial charge in [-0.15, -0.1) is 0 Å². The van der Waals surface area contributed by atoms with Crippen LogP contribution in [0.5, 0.6) is 0 Å². The van der Waals surface area contributed by atoms with Crippen LogP contribution in [-0.4, -0.2) is 28.8 Å². The highest BCUT2D eigenvalue weighted by Gasteiger charge is 2.42. The SMILES string of the molecule is OC(c1ccoc1Br)C1CCOC2(CCSC2)C1. The zero-order valence-corrected chi connectivity index (χ0v) is 12.5. The molecule has 3 atom stereocenters. The Morgan fingerprint density at radius 3 is 3.11 bits per heavy atom. The summed E-state index contributed by atoms with van der Waals surface area (Å²) >= 11 is 5.31. The van der Waals surface area contributed by atoms with E-state index in [9.17, 15) is 5.11 Å². The molecule has 2 aliphatic rings. The van der Waals surface area contributed by atoms with Crippen molar-refractivity contribution in [2.24, 2.45) is 5.92 Å². The van der Waals surface area contributed by atoms with Crippen LogP contribution in [0.4, 0.5) is 0 Å². The fourth-order valence-electron chi connectivity index (χ4n) is 2.97. The lowest BCUT2D eigenvalue weighted by Gasteiger charge is -2.39. The minimum atomic E-state index is -0.454. The smallest absolute Gasteiger partial charge is 0.174 e. The summed E-state index contributed by atoms with van der Waals surface area (Å²) in [5, 5.41) is 10.5. The molecule has 1 aromatic heterocycles. The second-order valence-electron chi connectivity index (χ2n) is 5.18. The quantitative estimate of drug-likeness (QED) is 0.901. The monoisotopic (exact) mass is 332 g/mol. The molecule has 0 aliphatic carbocycles. The average molecular weight is 333 g/mol. The van der Waals surface area contributed by atoms with Crippen LogP contribution in [0.1, 0.15) is 30.9 Å². The van der Waals surface area contributed by atoms with E-state index in [2.05, 4.69) is 15.9 Å². The Bertz CT molecular complexity index is 414. The largest absolute Gasteiger partial charge is 0.457 e. The van der Waals surface area contributed by atoms with Gasteiger partial charge in [-0.25, -0.2) is 0 Å². The van der Waals surface area contributed by atoms with Crippen molar-refractivity contribution in [2.45, 2.75) is 31.0 Å². The summed E-state index contributed by atoms with van der Waals surface area (Å²) in [6, 6.07) is 1.85. The molecular weight excluding hydrogens is 316 g/mol. The normalized spacial score (nSPS) is 34.0. The number of thioether (sulfide) groups is 1. The lowest BCUT2D eigenvalue weighted by atomic mass is 9.81. The van der Waals surface area contributed by atoms with Crippen molar-refractivity contribution >= 4 is 27.7 Å². The van der Waals surface area contributed by atoms with E-state index in [4.69, 9.17) is 9.15 Å². The van der Waals surface area contributed by atoms with E-state index in [1.165, 1.54) is 5.75 Å². The third-order valence-corrected chi connectivity index (χ3v) is 5.88. The van der Waals surface area contributed by atoms with Gasteiger partial charge in [0.15, 0.2) is 4.67 Å². The van der Waals surface area contributed by atoms with E-state index in [0.29, 0.717) is 4.67 Å². The predicted molar refractivity (Wildman–Crippen MR) is 74.7 cm³/mol. The maximum atomic E-state index is 10.5. The molecule has 0 aromatic carbocycles. The van der Waals surface area contributed by atoms with Gasteiger partial charge >= 0.3 is 0 Å². The summed E-state index contributed by atoms with van der Waals surface area (Å²) < 4.78 is 11.9. The Balaban J connectivity index is 1.74. The van der Waals surface area contributed by atoms with Crippen LogP contribution in [0.2, 0.25) is 0 Å². The Labute approximate surface area is 119 Å². The van der Waals surface area contributed by atoms with Crippen molar-refractivity contribution < 1.29 is 14.3 Å². The van der Waals surface area contributed by atoms with Crippen LogP contribution in [-0.2, 0) is 4.74 Å². The highest BCUT2D eigenvalue weighted by Crippen LogP contribution is 2.44. The molecular formula is C13H17BrO3S. The fourth-order valence-corrected chi connectivity index (χ4v) is 4.82. The van der Waals surface area contributed by atoms with E-state index in [0.717, 1.165) is 37.2 Å². The Morgan fingerprint density at radius 1 is 1.56 bits per heavy atom. The summed E-state index contributed by atoms with van der Waals surface area (Å²) in [7, 11) is 0. The lowest BCUT2D eigenvalue weighted by molar-refractivity contribution is -0.102. The number of hydrogen-bond donors (Lipinski definition) is 1. The molecule has 3 heterocycles. The summed E-state index contributed by atoms with van der Waals surface area (Å²) in [6.07, 6.45) is 4.16. The first kappa shape index (κ1) is 13.0. The number of halogens is 1. The Kier molecular flexibility index (Phi) is 3.76. The summed E-state index contributed by atoms with van der Waals surface area (Å²) in [5.41, 5.74) is 0.882. The van der Waals surface area contributed by atoms with Gasteiger partial charge in [0, 0.05) is 17.9 Å². The molecule has 3 nitrogen and oxygen atoms in total. The van der Waals surface area contributed by atoms with E-state index in [-0.39, 0.29) is 11.5 Å². The van der Waals surface area contributed by atoms with Crippen molar-refractivity contribution in [3.8, 4) is 0 Å². The molecule has 1 N–H and O–H groups in total. The summed E-state index contributed by atoms with van der Waals surface area (Å²) in [4.78, 5) is 0. The van der Waals surface area contributed by atoms with Crippen LogP contribution in [0.3, 0.4) is 0 Å². The van der Waals surface area contributed by atoms with Gasteiger partial charge in [-0.2, -0.15) is 11.8 Å². The van der Waals surface area contributed by atoms with Crippen LogP contribution in [0.15, 0.2) is 21.4 Å². The van der Waals surface area contributed by atoms with Crippen molar-refractivity contribution in [1.82, 2.24) is 0 Å². The number of rotatable bonds is 2. The fraction of sp³-hybridized carbons (Fsp3) is 0.692. The third-order valence-electron chi connectivity index (χ3n) is 4.01. The molecule has 2 aliphatic heterocycles. The maximum Gasteiger partial charge on any atom is 0.174 e. The molecule has 1 spiro atoms. The lowest BCUT2D eigenvalue weighted by Crippen LogP contribution is -2.41. The molecule has 18 heavy (non-hydrogen) atoms. The highest BCUT2D eigenvalue weighted by atomic mass is 79.9. The van der Waals surface area contributed by atoms with Gasteiger partial charge in [0.1, 0.15) is 0 Å². The Morgan fingerprint density at radius 2 is 2.44 bits per heavy atom. The van der Waals surface area contributed by atoms with Crippen LogP contribution in [0.25, 0.3) is 0 Å². The number of furan rings is 1. The first-order chi connectivity index (χ1) is 8.70. The molecule has 2 fully saturated rings. The number of aliphatic hydroxyl groups excluding tert-OH is 1. The first-order valence-electron chi connectivity index (χ1n) is 6.33. The van der Waals surface area contributed by atoms with Crippen LogP contribution in [0, 0.1) is 5.92 Å². The molecule has 0 amide bonds. The third kappa shape index (κ3) is 2.38. The zero-order chi connectivity index (χ0) is 12.6. The van der Waals surface area contributed by atoms with Crippen molar-refractivity contribution in [2.75, 3.05) is 18.1 Å². The van der Waals surface area contributed by atoms with Gasteiger partial charge < -0.3 is 14.3 Å². The number of ether oxygens (including phenoxy) is 1. The topological polar surface area (TPSA) is 42.6 Å². The van der Waals surface area contributed by atoms with Crippen LogP contribution >= 0.6 is 27.7 Å². The second-order valence-corrected chi connectivity index (χ2v) is 7.01. The number of aliphatic hydroxyl groups is 1. The second kappa shape index (κ2) is 5.19. The van der Waals surface area contributed by atoms with Gasteiger partial charge in [0.2, 0.25) is 0 Å². The molecule has 0 radical (unpaired) electrons. The molecule has 2 saturated heterocycles. The standard InChI is InChI=1S/C13H17BrO3S/c14-12-10(2-4-16-12)11(15)9-1-5-17-13(7-9)3-6-18-8-13/h2,4,9,11,15H,1,3,5-8H2. The molecule has 100 valence electrons. The molecule has 0 bridgehead atoms. The van der Waals surface area contributed by atoms with Crippen LogP contribution < -0.4 is 0 Å². The molecule has 3 rings (SSSR count). The van der Waals surface area contributed by atoms with E-state index >= 15 is 0 Å². The highest BCUT2D eigenvalue weighted by molar-refractivity contribution is 9.10. The molecule has 1 aromatic rings. The van der Waals surface area contributed by atoms with E-state index in [1.54, 1.807) is 6.26 Å².